The molecular formula is C17H30N4S. The summed E-state index contributed by atoms with van der Waals surface area (Å²) in [6.07, 6.45) is 7.16. The molecule has 124 valence electrons. The summed E-state index contributed by atoms with van der Waals surface area (Å²) < 4.78 is 0. The van der Waals surface area contributed by atoms with Gasteiger partial charge in [0, 0.05) is 30.9 Å². The summed E-state index contributed by atoms with van der Waals surface area (Å²) in [5.74, 6) is 1.82. The normalized spacial score (nSPS) is 22.6. The van der Waals surface area contributed by atoms with E-state index in [1.807, 2.05) is 18.4 Å². The first kappa shape index (κ1) is 17.3. The third-order valence-electron chi connectivity index (χ3n) is 4.48. The van der Waals surface area contributed by atoms with E-state index in [2.05, 4.69) is 36.4 Å². The van der Waals surface area contributed by atoms with Crippen LogP contribution in [0.2, 0.25) is 0 Å². The number of nitrogens with zero attached hydrogens (tertiary/aromatic N) is 2. The van der Waals surface area contributed by atoms with Crippen molar-refractivity contribution in [1.29, 1.82) is 0 Å². The Bertz CT molecular complexity index is 487. The standard InChI is InChI=1S/C17H30N4S/c1-5-15-13(3)22-16(21-15)10-11-19-17(18-4)20-14-8-6-12(2)7-9-14/h12,14H,5-11H2,1-4H3,(H2,18,19,20). The summed E-state index contributed by atoms with van der Waals surface area (Å²) in [5, 5.41) is 8.22. The van der Waals surface area contributed by atoms with Gasteiger partial charge in [0.1, 0.15) is 0 Å². The summed E-state index contributed by atoms with van der Waals surface area (Å²) in [6, 6.07) is 0.580. The number of aromatic nitrogens is 1. The van der Waals surface area contributed by atoms with Gasteiger partial charge in [0.15, 0.2) is 5.96 Å². The largest absolute Gasteiger partial charge is 0.356 e. The SMILES string of the molecule is CCc1nc(CCNC(=NC)NC2CCC(C)CC2)sc1C. The second-order valence-electron chi connectivity index (χ2n) is 6.31. The fraction of sp³-hybridized carbons (Fsp3) is 0.765. The van der Waals surface area contributed by atoms with Gasteiger partial charge in [-0.25, -0.2) is 4.98 Å². The van der Waals surface area contributed by atoms with Crippen LogP contribution in [-0.2, 0) is 12.8 Å². The lowest BCUT2D eigenvalue weighted by molar-refractivity contribution is 0.329. The van der Waals surface area contributed by atoms with Crippen LogP contribution >= 0.6 is 11.3 Å². The molecule has 0 amide bonds. The van der Waals surface area contributed by atoms with Gasteiger partial charge < -0.3 is 10.6 Å². The van der Waals surface area contributed by atoms with Gasteiger partial charge in [0.25, 0.3) is 0 Å². The first-order valence-electron chi connectivity index (χ1n) is 8.54. The minimum Gasteiger partial charge on any atom is -0.356 e. The fourth-order valence-corrected chi connectivity index (χ4v) is 4.02. The first-order chi connectivity index (χ1) is 10.6. The van der Waals surface area contributed by atoms with E-state index in [0.717, 1.165) is 31.3 Å². The van der Waals surface area contributed by atoms with Crippen LogP contribution in [0, 0.1) is 12.8 Å². The Morgan fingerprint density at radius 2 is 2.05 bits per heavy atom. The molecule has 4 nitrogen and oxygen atoms in total. The molecule has 0 aromatic carbocycles. The van der Waals surface area contributed by atoms with Gasteiger partial charge in [-0.1, -0.05) is 13.8 Å². The third kappa shape index (κ3) is 4.97. The van der Waals surface area contributed by atoms with E-state index in [0.29, 0.717) is 6.04 Å². The van der Waals surface area contributed by atoms with Crippen LogP contribution < -0.4 is 10.6 Å². The molecule has 1 aromatic heterocycles. The zero-order valence-corrected chi connectivity index (χ0v) is 15.2. The van der Waals surface area contributed by atoms with Crippen molar-refractivity contribution in [2.24, 2.45) is 10.9 Å². The van der Waals surface area contributed by atoms with Gasteiger partial charge in [-0.3, -0.25) is 4.99 Å². The van der Waals surface area contributed by atoms with Crippen molar-refractivity contribution >= 4 is 17.3 Å². The van der Waals surface area contributed by atoms with Gasteiger partial charge in [-0.2, -0.15) is 0 Å². The Morgan fingerprint density at radius 3 is 2.64 bits per heavy atom. The number of hydrogen-bond acceptors (Lipinski definition) is 3. The zero-order chi connectivity index (χ0) is 15.9. The van der Waals surface area contributed by atoms with Crippen molar-refractivity contribution in [2.45, 2.75) is 65.3 Å². The maximum absolute atomic E-state index is 4.69. The Hall–Kier alpha value is -1.10. The second kappa shape index (κ2) is 8.51. The summed E-state index contributed by atoms with van der Waals surface area (Å²) in [7, 11) is 1.85. The number of aliphatic imine (C=N–C) groups is 1. The number of guanidine groups is 1. The molecule has 0 saturated heterocycles. The van der Waals surface area contributed by atoms with Crippen LogP contribution in [0.1, 0.15) is 55.1 Å². The lowest BCUT2D eigenvalue weighted by atomic mass is 9.87. The van der Waals surface area contributed by atoms with Crippen molar-refractivity contribution in [3.05, 3.63) is 15.6 Å². The van der Waals surface area contributed by atoms with Crippen molar-refractivity contribution in [3.8, 4) is 0 Å². The number of rotatable bonds is 5. The highest BCUT2D eigenvalue weighted by atomic mass is 32.1. The van der Waals surface area contributed by atoms with E-state index in [-0.39, 0.29) is 0 Å². The van der Waals surface area contributed by atoms with E-state index in [9.17, 15) is 0 Å². The van der Waals surface area contributed by atoms with E-state index in [1.54, 1.807) is 0 Å². The number of hydrogen-bond donors (Lipinski definition) is 2. The average Bonchev–Trinajstić information content (AvgIpc) is 2.88. The predicted molar refractivity (Wildman–Crippen MR) is 95.9 cm³/mol. The van der Waals surface area contributed by atoms with Gasteiger partial charge in [0.05, 0.1) is 10.7 Å². The van der Waals surface area contributed by atoms with Crippen LogP contribution in [-0.4, -0.2) is 30.6 Å². The zero-order valence-electron chi connectivity index (χ0n) is 14.4. The molecule has 1 fully saturated rings. The minimum absolute atomic E-state index is 0.580. The van der Waals surface area contributed by atoms with Gasteiger partial charge in [-0.15, -0.1) is 11.3 Å². The summed E-state index contributed by atoms with van der Waals surface area (Å²) in [4.78, 5) is 10.4. The molecule has 1 aliphatic carbocycles. The maximum atomic E-state index is 4.69. The summed E-state index contributed by atoms with van der Waals surface area (Å²) in [6.45, 7) is 7.57. The van der Waals surface area contributed by atoms with E-state index in [1.165, 1.54) is 41.3 Å². The Kier molecular flexibility index (Phi) is 6.68. The van der Waals surface area contributed by atoms with E-state index >= 15 is 0 Å². The van der Waals surface area contributed by atoms with Crippen LogP contribution in [0.15, 0.2) is 4.99 Å². The van der Waals surface area contributed by atoms with Crippen molar-refractivity contribution in [3.63, 3.8) is 0 Å². The molecule has 1 aromatic rings. The lowest BCUT2D eigenvalue weighted by Gasteiger charge is -2.28. The van der Waals surface area contributed by atoms with Crippen molar-refractivity contribution < 1.29 is 0 Å². The molecule has 2 N–H and O–H groups in total. The molecule has 0 unspecified atom stereocenters. The molecule has 22 heavy (non-hydrogen) atoms. The van der Waals surface area contributed by atoms with Crippen molar-refractivity contribution in [2.75, 3.05) is 13.6 Å². The maximum Gasteiger partial charge on any atom is 0.191 e. The molecule has 1 saturated carbocycles. The molecule has 0 bridgehead atoms. The Labute approximate surface area is 138 Å². The third-order valence-corrected chi connectivity index (χ3v) is 5.56. The first-order valence-corrected chi connectivity index (χ1v) is 9.36. The molecule has 0 atom stereocenters. The predicted octanol–water partition coefficient (Wildman–Crippen LogP) is 3.30. The molecular weight excluding hydrogens is 292 g/mol. The second-order valence-corrected chi connectivity index (χ2v) is 7.60. The number of aryl methyl sites for hydroxylation is 2. The molecule has 1 heterocycles. The van der Waals surface area contributed by atoms with Crippen LogP contribution in [0.3, 0.4) is 0 Å². The molecule has 0 spiro atoms. The highest BCUT2D eigenvalue weighted by molar-refractivity contribution is 7.11. The Morgan fingerprint density at radius 1 is 1.32 bits per heavy atom. The molecule has 0 radical (unpaired) electrons. The average molecular weight is 323 g/mol. The number of nitrogens with one attached hydrogen (secondary N) is 2. The quantitative estimate of drug-likeness (QED) is 0.646. The van der Waals surface area contributed by atoms with Gasteiger partial charge in [0.2, 0.25) is 0 Å². The van der Waals surface area contributed by atoms with Gasteiger partial charge in [-0.05, 0) is 44.9 Å². The fourth-order valence-electron chi connectivity index (χ4n) is 3.00. The molecule has 5 heteroatoms. The molecule has 1 aliphatic rings. The minimum atomic E-state index is 0.580. The molecule has 0 aliphatic heterocycles. The van der Waals surface area contributed by atoms with Crippen molar-refractivity contribution in [1.82, 2.24) is 15.6 Å². The monoisotopic (exact) mass is 322 g/mol. The lowest BCUT2D eigenvalue weighted by Crippen LogP contribution is -2.45. The Balaban J connectivity index is 1.74. The van der Waals surface area contributed by atoms with E-state index < -0.39 is 0 Å². The highest BCUT2D eigenvalue weighted by Gasteiger charge is 2.18. The van der Waals surface area contributed by atoms with Crippen LogP contribution in [0.5, 0.6) is 0 Å². The summed E-state index contributed by atoms with van der Waals surface area (Å²) >= 11 is 1.82. The smallest absolute Gasteiger partial charge is 0.191 e. The van der Waals surface area contributed by atoms with Crippen LogP contribution in [0.25, 0.3) is 0 Å². The number of thiazole rings is 1. The highest BCUT2D eigenvalue weighted by Crippen LogP contribution is 2.23. The topological polar surface area (TPSA) is 49.3 Å². The summed E-state index contributed by atoms with van der Waals surface area (Å²) in [5.41, 5.74) is 1.25. The van der Waals surface area contributed by atoms with Crippen LogP contribution in [0.4, 0.5) is 0 Å². The molecule has 2 rings (SSSR count). The van der Waals surface area contributed by atoms with E-state index in [4.69, 9.17) is 4.98 Å². The van der Waals surface area contributed by atoms with Gasteiger partial charge >= 0.3 is 0 Å².